The molecular formula is C8H9N9OS. The number of fused-ring (bicyclic) bond motifs is 1. The number of rotatable bonds is 3. The van der Waals surface area contributed by atoms with E-state index >= 15 is 0 Å². The van der Waals surface area contributed by atoms with E-state index in [1.807, 2.05) is 0 Å². The lowest BCUT2D eigenvalue weighted by molar-refractivity contribution is 0.765. The topological polar surface area (TPSA) is 143 Å². The van der Waals surface area contributed by atoms with Crippen LogP contribution in [-0.4, -0.2) is 34.9 Å². The fraction of sp³-hybridized carbons (Fsp3) is 0.125. The van der Waals surface area contributed by atoms with Gasteiger partial charge < -0.3 is 0 Å². The zero-order valence-corrected chi connectivity index (χ0v) is 10.5. The van der Waals surface area contributed by atoms with Gasteiger partial charge in [0.25, 0.3) is 0 Å². The molecule has 0 fully saturated rings. The van der Waals surface area contributed by atoms with Gasteiger partial charge in [-0.3, -0.25) is 15.1 Å². The molecule has 0 saturated heterocycles. The fourth-order valence-electron chi connectivity index (χ4n) is 1.46. The molecule has 3 rings (SSSR count). The molecule has 11 heteroatoms. The third kappa shape index (κ3) is 1.94. The summed E-state index contributed by atoms with van der Waals surface area (Å²) in [6.45, 7) is 0. The van der Waals surface area contributed by atoms with E-state index in [-0.39, 0.29) is 11.6 Å². The molecule has 0 aliphatic heterocycles. The maximum atomic E-state index is 11.3. The van der Waals surface area contributed by atoms with Crippen molar-refractivity contribution in [1.29, 1.82) is 0 Å². The van der Waals surface area contributed by atoms with Crippen molar-refractivity contribution in [2.45, 2.75) is 10.2 Å². The van der Waals surface area contributed by atoms with E-state index in [0.717, 1.165) is 5.39 Å². The zero-order valence-electron chi connectivity index (χ0n) is 9.71. The van der Waals surface area contributed by atoms with Crippen molar-refractivity contribution in [3.8, 4) is 0 Å². The summed E-state index contributed by atoms with van der Waals surface area (Å²) in [4.78, 5) is 19.6. The van der Waals surface area contributed by atoms with Crippen molar-refractivity contribution < 1.29 is 0 Å². The van der Waals surface area contributed by atoms with Crippen LogP contribution < -0.4 is 17.0 Å². The molecule has 3 heterocycles. The minimum absolute atomic E-state index is 0.250. The van der Waals surface area contributed by atoms with E-state index in [0.29, 0.717) is 15.8 Å². The Kier molecular flexibility index (Phi) is 2.68. The molecule has 0 amide bonds. The maximum absolute atomic E-state index is 11.3. The van der Waals surface area contributed by atoms with E-state index in [4.69, 9.17) is 5.84 Å². The van der Waals surface area contributed by atoms with Gasteiger partial charge in [-0.25, -0.2) is 20.7 Å². The largest absolute Gasteiger partial charge is 0.343 e. The van der Waals surface area contributed by atoms with Gasteiger partial charge in [-0.1, -0.05) is 0 Å². The summed E-state index contributed by atoms with van der Waals surface area (Å²) >= 11 is 1.21. The summed E-state index contributed by atoms with van der Waals surface area (Å²) in [6.07, 6.45) is 1.60. The van der Waals surface area contributed by atoms with Gasteiger partial charge in [0, 0.05) is 7.05 Å². The molecule has 10 nitrogen and oxygen atoms in total. The SMILES string of the molecule is Cn1c(Sc2nc(NN)nc3[nH]ncc23)n[nH]c1=O. The van der Waals surface area contributed by atoms with Crippen LogP contribution >= 0.6 is 11.8 Å². The monoisotopic (exact) mass is 279 g/mol. The van der Waals surface area contributed by atoms with Crippen LogP contribution in [0.2, 0.25) is 0 Å². The predicted molar refractivity (Wildman–Crippen MR) is 67.4 cm³/mol. The number of aromatic nitrogens is 7. The molecule has 0 aliphatic carbocycles. The Bertz CT molecular complexity index is 787. The van der Waals surface area contributed by atoms with Crippen molar-refractivity contribution in [2.24, 2.45) is 12.9 Å². The van der Waals surface area contributed by atoms with Gasteiger partial charge in [0.15, 0.2) is 10.8 Å². The lowest BCUT2D eigenvalue weighted by Crippen LogP contribution is -2.13. The van der Waals surface area contributed by atoms with Gasteiger partial charge >= 0.3 is 5.69 Å². The number of H-pyrrole nitrogens is 2. The second-order valence-electron chi connectivity index (χ2n) is 3.60. The lowest BCUT2D eigenvalue weighted by Gasteiger charge is -2.03. The number of hydrogen-bond acceptors (Lipinski definition) is 8. The molecule has 98 valence electrons. The van der Waals surface area contributed by atoms with Crippen LogP contribution in [0.3, 0.4) is 0 Å². The number of aromatic amines is 2. The quantitative estimate of drug-likeness (QED) is 0.277. The van der Waals surface area contributed by atoms with Gasteiger partial charge in [-0.2, -0.15) is 10.1 Å². The fourth-order valence-corrected chi connectivity index (χ4v) is 2.34. The highest BCUT2D eigenvalue weighted by molar-refractivity contribution is 7.99. The third-order valence-electron chi connectivity index (χ3n) is 2.43. The zero-order chi connectivity index (χ0) is 13.4. The normalized spacial score (nSPS) is 11.1. The smallest absolute Gasteiger partial charge is 0.292 e. The van der Waals surface area contributed by atoms with Crippen LogP contribution in [0.5, 0.6) is 0 Å². The van der Waals surface area contributed by atoms with Gasteiger partial charge in [0.1, 0.15) is 5.03 Å². The maximum Gasteiger partial charge on any atom is 0.343 e. The van der Waals surface area contributed by atoms with Crippen molar-refractivity contribution >= 4 is 28.7 Å². The van der Waals surface area contributed by atoms with Crippen molar-refractivity contribution in [3.63, 3.8) is 0 Å². The summed E-state index contributed by atoms with van der Waals surface area (Å²) in [6, 6.07) is 0. The first-order valence-electron chi connectivity index (χ1n) is 5.16. The number of nitrogens with one attached hydrogen (secondary N) is 3. The molecular weight excluding hydrogens is 270 g/mol. The first-order valence-corrected chi connectivity index (χ1v) is 5.97. The summed E-state index contributed by atoms with van der Waals surface area (Å²) in [5, 5.41) is 14.7. The predicted octanol–water partition coefficient (Wildman–Crippen LogP) is -0.789. The summed E-state index contributed by atoms with van der Waals surface area (Å²) in [5.74, 6) is 5.56. The third-order valence-corrected chi connectivity index (χ3v) is 3.48. The van der Waals surface area contributed by atoms with Crippen LogP contribution in [0.15, 0.2) is 21.2 Å². The number of nitrogens with zero attached hydrogens (tertiary/aromatic N) is 5. The number of hydrazine groups is 1. The van der Waals surface area contributed by atoms with E-state index in [9.17, 15) is 4.79 Å². The average molecular weight is 279 g/mol. The van der Waals surface area contributed by atoms with Crippen molar-refractivity contribution in [3.05, 3.63) is 16.7 Å². The Morgan fingerprint density at radius 3 is 2.95 bits per heavy atom. The van der Waals surface area contributed by atoms with E-state index in [1.54, 1.807) is 13.2 Å². The molecule has 0 bridgehead atoms. The molecule has 0 aromatic carbocycles. The van der Waals surface area contributed by atoms with Crippen molar-refractivity contribution in [1.82, 2.24) is 34.9 Å². The Labute approximate surface area is 109 Å². The summed E-state index contributed by atoms with van der Waals surface area (Å²) in [5.41, 5.74) is 2.63. The van der Waals surface area contributed by atoms with Crippen molar-refractivity contribution in [2.75, 3.05) is 5.43 Å². The van der Waals surface area contributed by atoms with Gasteiger partial charge in [0.2, 0.25) is 5.95 Å². The Balaban J connectivity index is 2.11. The van der Waals surface area contributed by atoms with E-state index < -0.39 is 0 Å². The molecule has 3 aromatic heterocycles. The molecule has 0 atom stereocenters. The lowest BCUT2D eigenvalue weighted by atomic mass is 10.4. The van der Waals surface area contributed by atoms with Crippen LogP contribution in [0.25, 0.3) is 11.0 Å². The molecule has 3 aromatic rings. The second-order valence-corrected chi connectivity index (χ2v) is 4.56. The molecule has 0 unspecified atom stereocenters. The molecule has 0 saturated carbocycles. The average Bonchev–Trinajstić information content (AvgIpc) is 3.00. The first-order chi connectivity index (χ1) is 9.19. The summed E-state index contributed by atoms with van der Waals surface area (Å²) in [7, 11) is 1.62. The van der Waals surface area contributed by atoms with Crippen LogP contribution in [0.4, 0.5) is 5.95 Å². The van der Waals surface area contributed by atoms with Crippen LogP contribution in [0, 0.1) is 0 Å². The molecule has 0 radical (unpaired) electrons. The summed E-state index contributed by atoms with van der Waals surface area (Å²) < 4.78 is 1.38. The molecule has 0 spiro atoms. The minimum atomic E-state index is -0.294. The Morgan fingerprint density at radius 1 is 1.42 bits per heavy atom. The number of anilines is 1. The number of hydrogen-bond donors (Lipinski definition) is 4. The van der Waals surface area contributed by atoms with Crippen LogP contribution in [-0.2, 0) is 7.05 Å². The Hall–Kier alpha value is -2.40. The highest BCUT2D eigenvalue weighted by Crippen LogP contribution is 2.29. The van der Waals surface area contributed by atoms with E-state index in [2.05, 4.69) is 35.8 Å². The van der Waals surface area contributed by atoms with Gasteiger partial charge in [-0.05, 0) is 11.8 Å². The van der Waals surface area contributed by atoms with Gasteiger partial charge in [-0.15, -0.1) is 5.10 Å². The standard InChI is InChI=1S/C8H9N9OS/c1-17-7(18)15-16-8(17)19-5-3-2-10-14-4(3)11-6(12-5)13-9/h2H,9H2,1H3,(H,15,18)(H2,10,11,12,13,14). The van der Waals surface area contributed by atoms with Gasteiger partial charge in [0.05, 0.1) is 11.6 Å². The highest BCUT2D eigenvalue weighted by atomic mass is 32.2. The first kappa shape index (κ1) is 11.7. The van der Waals surface area contributed by atoms with E-state index in [1.165, 1.54) is 16.3 Å². The molecule has 0 aliphatic rings. The second kappa shape index (κ2) is 4.37. The highest BCUT2D eigenvalue weighted by Gasteiger charge is 2.14. The van der Waals surface area contributed by atoms with Crippen LogP contribution in [0.1, 0.15) is 0 Å². The Morgan fingerprint density at radius 2 is 2.26 bits per heavy atom. The minimum Gasteiger partial charge on any atom is -0.292 e. The molecule has 5 N–H and O–H groups in total. The molecule has 19 heavy (non-hydrogen) atoms. The number of nitrogens with two attached hydrogens (primary N) is 1. The number of nitrogen functional groups attached to an aromatic ring is 1.